The first-order valence-corrected chi connectivity index (χ1v) is 9.49. The molecule has 0 aliphatic heterocycles. The van der Waals surface area contributed by atoms with Crippen LogP contribution < -0.4 is 16.6 Å². The molecule has 0 spiro atoms. The summed E-state index contributed by atoms with van der Waals surface area (Å²) >= 11 is 2.97. The number of hydrogen-bond acceptors (Lipinski definition) is 7. The van der Waals surface area contributed by atoms with Crippen molar-refractivity contribution in [2.75, 3.05) is 5.32 Å². The number of aliphatic imine (C=N–C) groups is 1. The van der Waals surface area contributed by atoms with Crippen molar-refractivity contribution in [2.45, 2.75) is 23.9 Å². The molecule has 0 atom stereocenters. The maximum absolute atomic E-state index is 11.9. The molecule has 134 valence electrons. The van der Waals surface area contributed by atoms with Crippen LogP contribution in [0.2, 0.25) is 0 Å². The molecule has 4 N–H and O–H groups in total. The van der Waals surface area contributed by atoms with Gasteiger partial charge in [-0.05, 0) is 31.5 Å². The summed E-state index contributed by atoms with van der Waals surface area (Å²) in [6.07, 6.45) is 0. The Kier molecular flexibility index (Phi) is 5.64. The Balaban J connectivity index is 1.72. The standard InChI is InChI=1S/C16H17N7OS2/c1-9-4-3-5-11(6-9)18-14(17)21-15-19-12(7-13(24)20-15)8-25-16-23-22-10(2)26-16/h3-7H,8H2,1-2H3,(H4,17,18,19,20,21,24). The third-order valence-electron chi connectivity index (χ3n) is 3.15. The number of nitrogens with one attached hydrogen (secondary N) is 2. The van der Waals surface area contributed by atoms with Crippen molar-refractivity contribution in [1.82, 2.24) is 20.2 Å². The Bertz CT molecular complexity index is 996. The number of thioether (sulfide) groups is 1. The Hall–Kier alpha value is -2.72. The SMILES string of the molecule is Cc1cccc(N/C(N)=N/c2nc(CSc3nnc(C)s3)cc(=O)[nH]2)c1. The lowest BCUT2D eigenvalue weighted by molar-refractivity contribution is 0.981. The van der Waals surface area contributed by atoms with Crippen LogP contribution in [0.3, 0.4) is 0 Å². The zero-order chi connectivity index (χ0) is 18.5. The van der Waals surface area contributed by atoms with E-state index in [2.05, 4.69) is 30.5 Å². The third kappa shape index (κ3) is 5.14. The second kappa shape index (κ2) is 8.11. The van der Waals surface area contributed by atoms with Crippen molar-refractivity contribution >= 4 is 40.7 Å². The van der Waals surface area contributed by atoms with Gasteiger partial charge in [-0.25, -0.2) is 4.98 Å². The van der Waals surface area contributed by atoms with Gasteiger partial charge in [0.15, 0.2) is 4.34 Å². The number of H-pyrrole nitrogens is 1. The van der Waals surface area contributed by atoms with Crippen LogP contribution in [0.15, 0.2) is 44.5 Å². The lowest BCUT2D eigenvalue weighted by Gasteiger charge is -2.06. The quantitative estimate of drug-likeness (QED) is 0.349. The number of rotatable bonds is 5. The van der Waals surface area contributed by atoms with Gasteiger partial charge in [-0.1, -0.05) is 35.2 Å². The molecule has 0 amide bonds. The first-order chi connectivity index (χ1) is 12.5. The Morgan fingerprint density at radius 3 is 2.92 bits per heavy atom. The molecule has 0 aliphatic rings. The van der Waals surface area contributed by atoms with E-state index in [9.17, 15) is 4.79 Å². The summed E-state index contributed by atoms with van der Waals surface area (Å²) in [5.74, 6) is 0.786. The van der Waals surface area contributed by atoms with Crippen molar-refractivity contribution in [1.29, 1.82) is 0 Å². The molecule has 0 unspecified atom stereocenters. The van der Waals surface area contributed by atoms with Crippen molar-refractivity contribution in [3.05, 3.63) is 57.0 Å². The normalized spacial score (nSPS) is 11.5. The highest BCUT2D eigenvalue weighted by Crippen LogP contribution is 2.24. The van der Waals surface area contributed by atoms with E-state index in [4.69, 9.17) is 5.73 Å². The predicted octanol–water partition coefficient (Wildman–Crippen LogP) is 2.59. The number of aromatic amines is 1. The highest BCUT2D eigenvalue weighted by atomic mass is 32.2. The van der Waals surface area contributed by atoms with E-state index in [0.29, 0.717) is 11.4 Å². The smallest absolute Gasteiger partial charge is 0.252 e. The molecule has 2 heterocycles. The van der Waals surface area contributed by atoms with Gasteiger partial charge in [0.1, 0.15) is 5.01 Å². The third-order valence-corrected chi connectivity index (χ3v) is 5.16. The highest BCUT2D eigenvalue weighted by Gasteiger charge is 2.06. The van der Waals surface area contributed by atoms with Crippen molar-refractivity contribution in [3.8, 4) is 0 Å². The van der Waals surface area contributed by atoms with E-state index in [1.807, 2.05) is 38.1 Å². The van der Waals surface area contributed by atoms with Gasteiger partial charge in [0, 0.05) is 17.5 Å². The molecule has 1 aromatic carbocycles. The molecule has 3 aromatic rings. The van der Waals surface area contributed by atoms with Gasteiger partial charge in [-0.3, -0.25) is 9.78 Å². The van der Waals surface area contributed by atoms with E-state index >= 15 is 0 Å². The van der Waals surface area contributed by atoms with Gasteiger partial charge in [-0.15, -0.1) is 10.2 Å². The maximum atomic E-state index is 11.9. The summed E-state index contributed by atoms with van der Waals surface area (Å²) in [6.45, 7) is 3.88. The Labute approximate surface area is 158 Å². The first kappa shape index (κ1) is 18.1. The van der Waals surface area contributed by atoms with Crippen molar-refractivity contribution < 1.29 is 0 Å². The molecule has 0 radical (unpaired) electrons. The van der Waals surface area contributed by atoms with Crippen LogP contribution in [0.4, 0.5) is 11.6 Å². The average molecular weight is 387 g/mol. The van der Waals surface area contributed by atoms with E-state index in [1.165, 1.54) is 29.2 Å². The van der Waals surface area contributed by atoms with Gasteiger partial charge >= 0.3 is 0 Å². The van der Waals surface area contributed by atoms with E-state index < -0.39 is 0 Å². The minimum atomic E-state index is -0.286. The van der Waals surface area contributed by atoms with E-state index in [1.54, 1.807) is 0 Å². The summed E-state index contributed by atoms with van der Waals surface area (Å²) in [4.78, 5) is 22.9. The number of aryl methyl sites for hydroxylation is 2. The van der Waals surface area contributed by atoms with Gasteiger partial charge in [0.05, 0.1) is 5.69 Å². The summed E-state index contributed by atoms with van der Waals surface area (Å²) in [5.41, 5.74) is 8.13. The van der Waals surface area contributed by atoms with Crippen molar-refractivity contribution in [3.63, 3.8) is 0 Å². The minimum absolute atomic E-state index is 0.142. The summed E-state index contributed by atoms with van der Waals surface area (Å²) in [6, 6.07) is 9.15. The largest absolute Gasteiger partial charge is 0.369 e. The van der Waals surface area contributed by atoms with Crippen LogP contribution in [-0.4, -0.2) is 26.1 Å². The molecule has 0 saturated heterocycles. The second-order valence-electron chi connectivity index (χ2n) is 5.43. The van der Waals surface area contributed by atoms with Crippen LogP contribution >= 0.6 is 23.1 Å². The first-order valence-electron chi connectivity index (χ1n) is 7.69. The molecule has 8 nitrogen and oxygen atoms in total. The summed E-state index contributed by atoms with van der Waals surface area (Å²) < 4.78 is 0.829. The monoisotopic (exact) mass is 387 g/mol. The topological polar surface area (TPSA) is 122 Å². The molecule has 0 fully saturated rings. The molecule has 0 saturated carbocycles. The van der Waals surface area contributed by atoms with Crippen LogP contribution in [0.5, 0.6) is 0 Å². The zero-order valence-electron chi connectivity index (χ0n) is 14.2. The molecule has 26 heavy (non-hydrogen) atoms. The fourth-order valence-corrected chi connectivity index (χ4v) is 3.81. The van der Waals surface area contributed by atoms with Gasteiger partial charge in [0.25, 0.3) is 5.56 Å². The Morgan fingerprint density at radius 1 is 1.35 bits per heavy atom. The lowest BCUT2D eigenvalue weighted by atomic mass is 10.2. The van der Waals surface area contributed by atoms with E-state index in [0.717, 1.165) is 20.6 Å². The second-order valence-corrected chi connectivity index (χ2v) is 7.83. The number of guanidine groups is 1. The fraction of sp³-hybridized carbons (Fsp3) is 0.188. The van der Waals surface area contributed by atoms with E-state index in [-0.39, 0.29) is 17.5 Å². The van der Waals surface area contributed by atoms with Crippen LogP contribution in [0, 0.1) is 13.8 Å². The summed E-state index contributed by atoms with van der Waals surface area (Å²) in [7, 11) is 0. The number of aromatic nitrogens is 4. The number of hydrogen-bond donors (Lipinski definition) is 3. The van der Waals surface area contributed by atoms with Gasteiger partial charge < -0.3 is 11.1 Å². The number of nitrogens with two attached hydrogens (primary N) is 1. The fourth-order valence-electron chi connectivity index (χ4n) is 2.11. The number of anilines is 1. The van der Waals surface area contributed by atoms with Crippen LogP contribution in [0.1, 0.15) is 16.3 Å². The zero-order valence-corrected chi connectivity index (χ0v) is 15.8. The number of benzene rings is 1. The molecule has 2 aromatic heterocycles. The predicted molar refractivity (Wildman–Crippen MR) is 105 cm³/mol. The van der Waals surface area contributed by atoms with Gasteiger partial charge in [-0.2, -0.15) is 4.99 Å². The number of nitrogens with zero attached hydrogens (tertiary/aromatic N) is 4. The molecule has 0 bridgehead atoms. The van der Waals surface area contributed by atoms with Crippen LogP contribution in [0.25, 0.3) is 0 Å². The molecule has 3 rings (SSSR count). The molecule has 0 aliphatic carbocycles. The van der Waals surface area contributed by atoms with Gasteiger partial charge in [0.2, 0.25) is 11.9 Å². The van der Waals surface area contributed by atoms with Crippen LogP contribution in [-0.2, 0) is 5.75 Å². The summed E-state index contributed by atoms with van der Waals surface area (Å²) in [5, 5.41) is 11.9. The highest BCUT2D eigenvalue weighted by molar-refractivity contribution is 8.00. The molecular formula is C16H17N7OS2. The maximum Gasteiger partial charge on any atom is 0.252 e. The average Bonchev–Trinajstić information content (AvgIpc) is 2.98. The Morgan fingerprint density at radius 2 is 2.19 bits per heavy atom. The lowest BCUT2D eigenvalue weighted by Crippen LogP contribution is -2.22. The molecule has 10 heteroatoms. The minimum Gasteiger partial charge on any atom is -0.369 e. The van der Waals surface area contributed by atoms with Crippen molar-refractivity contribution in [2.24, 2.45) is 10.7 Å². The molecular weight excluding hydrogens is 370 g/mol.